The van der Waals surface area contributed by atoms with Crippen LogP contribution in [0.4, 0.5) is 4.39 Å². The summed E-state index contributed by atoms with van der Waals surface area (Å²) in [6.45, 7) is 4.10. The highest BCUT2D eigenvalue weighted by atomic mass is 19.1. The topological polar surface area (TPSA) is 85.2 Å². The van der Waals surface area contributed by atoms with Gasteiger partial charge in [0.15, 0.2) is 11.6 Å². The van der Waals surface area contributed by atoms with Crippen molar-refractivity contribution in [2.24, 2.45) is 7.05 Å². The van der Waals surface area contributed by atoms with Gasteiger partial charge in [-0.25, -0.2) is 4.39 Å². The molecule has 0 aliphatic carbocycles. The maximum atomic E-state index is 14.8. The normalized spacial score (nSPS) is 10.8. The second-order valence-electron chi connectivity index (χ2n) is 6.41. The Hall–Kier alpha value is -3.13. The van der Waals surface area contributed by atoms with Crippen LogP contribution in [0.5, 0.6) is 17.4 Å². The molecule has 7 nitrogen and oxygen atoms in total. The third-order valence-electron chi connectivity index (χ3n) is 4.06. The fourth-order valence-electron chi connectivity index (χ4n) is 2.70. The molecule has 0 saturated carbocycles. The first kappa shape index (κ1) is 19.6. The summed E-state index contributed by atoms with van der Waals surface area (Å²) in [5.41, 5.74) is 2.30. The molecule has 3 rings (SSSR count). The summed E-state index contributed by atoms with van der Waals surface area (Å²) in [6.07, 6.45) is 3.53. The lowest BCUT2D eigenvalue weighted by atomic mass is 10.2. The van der Waals surface area contributed by atoms with Gasteiger partial charge in [0.25, 0.3) is 0 Å². The van der Waals surface area contributed by atoms with Crippen molar-refractivity contribution in [3.63, 3.8) is 0 Å². The Kier molecular flexibility index (Phi) is 6.10. The van der Waals surface area contributed by atoms with Crippen LogP contribution in [0.15, 0.2) is 36.8 Å². The van der Waals surface area contributed by atoms with Gasteiger partial charge in [0.05, 0.1) is 12.8 Å². The van der Waals surface area contributed by atoms with E-state index >= 15 is 0 Å². The van der Waals surface area contributed by atoms with E-state index in [1.54, 1.807) is 42.2 Å². The van der Waals surface area contributed by atoms with Gasteiger partial charge < -0.3 is 19.6 Å². The second kappa shape index (κ2) is 8.71. The highest BCUT2D eigenvalue weighted by Crippen LogP contribution is 2.30. The van der Waals surface area contributed by atoms with Crippen molar-refractivity contribution in [2.45, 2.75) is 20.3 Å². The summed E-state index contributed by atoms with van der Waals surface area (Å²) in [4.78, 5) is 7.27. The minimum atomic E-state index is -0.459. The van der Waals surface area contributed by atoms with Crippen LogP contribution in [0.2, 0.25) is 0 Å². The number of halogens is 1. The van der Waals surface area contributed by atoms with Crippen LogP contribution >= 0.6 is 0 Å². The van der Waals surface area contributed by atoms with E-state index in [0.717, 1.165) is 11.3 Å². The summed E-state index contributed by atoms with van der Waals surface area (Å²) < 4.78 is 27.8. The molecule has 0 aliphatic rings. The van der Waals surface area contributed by atoms with E-state index < -0.39 is 5.82 Å². The third-order valence-corrected chi connectivity index (χ3v) is 4.06. The molecule has 0 amide bonds. The summed E-state index contributed by atoms with van der Waals surface area (Å²) >= 11 is 0. The van der Waals surface area contributed by atoms with E-state index in [0.29, 0.717) is 29.7 Å². The van der Waals surface area contributed by atoms with E-state index in [1.165, 1.54) is 6.33 Å². The zero-order valence-electron chi connectivity index (χ0n) is 16.1. The maximum Gasteiger partial charge on any atom is 0.221 e. The average molecular weight is 386 g/mol. The quantitative estimate of drug-likeness (QED) is 0.631. The molecule has 8 heteroatoms. The van der Waals surface area contributed by atoms with Crippen LogP contribution < -0.4 is 9.47 Å². The molecule has 0 bridgehead atoms. The Morgan fingerprint density at radius 2 is 2.04 bits per heavy atom. The van der Waals surface area contributed by atoms with Crippen molar-refractivity contribution < 1.29 is 19.0 Å². The monoisotopic (exact) mass is 386 g/mol. The number of nitrogens with one attached hydrogen (secondary N) is 1. The van der Waals surface area contributed by atoms with Gasteiger partial charge in [-0.05, 0) is 37.6 Å². The summed E-state index contributed by atoms with van der Waals surface area (Å²) in [7, 11) is 1.74. The SMILES string of the molecule is Cc1cc2c(F)c(Oc3cc(C)c(OCCCO)cn(C)ncn3)ccc2[nH]1. The molecule has 0 spiro atoms. The fourth-order valence-corrected chi connectivity index (χ4v) is 2.70. The van der Waals surface area contributed by atoms with Gasteiger partial charge in [0.2, 0.25) is 5.88 Å². The van der Waals surface area contributed by atoms with E-state index in [9.17, 15) is 4.39 Å². The van der Waals surface area contributed by atoms with Gasteiger partial charge in [-0.1, -0.05) is 0 Å². The summed E-state index contributed by atoms with van der Waals surface area (Å²) in [5, 5.41) is 13.5. The first-order valence-electron chi connectivity index (χ1n) is 8.91. The first-order chi connectivity index (χ1) is 13.5. The van der Waals surface area contributed by atoms with Gasteiger partial charge in [0.1, 0.15) is 12.1 Å². The Balaban J connectivity index is 1.99. The van der Waals surface area contributed by atoms with E-state index in [-0.39, 0.29) is 18.2 Å². The number of aryl methyl sites for hydroxylation is 3. The van der Waals surface area contributed by atoms with E-state index in [4.69, 9.17) is 14.6 Å². The lowest BCUT2D eigenvalue weighted by molar-refractivity contribution is 0.232. The van der Waals surface area contributed by atoms with Crippen LogP contribution in [-0.2, 0) is 7.05 Å². The summed E-state index contributed by atoms with van der Waals surface area (Å²) in [5.74, 6) is 0.351. The van der Waals surface area contributed by atoms with Crippen LogP contribution in [0.25, 0.3) is 10.9 Å². The van der Waals surface area contributed by atoms with Crippen LogP contribution in [0.1, 0.15) is 17.7 Å². The van der Waals surface area contributed by atoms with Crippen molar-refractivity contribution in [3.8, 4) is 17.4 Å². The number of ether oxygens (including phenoxy) is 2. The van der Waals surface area contributed by atoms with Crippen molar-refractivity contribution in [2.75, 3.05) is 13.2 Å². The highest BCUT2D eigenvalue weighted by Gasteiger charge is 2.12. The van der Waals surface area contributed by atoms with Gasteiger partial charge in [0, 0.05) is 42.7 Å². The van der Waals surface area contributed by atoms with Gasteiger partial charge >= 0.3 is 0 Å². The molecule has 2 aromatic heterocycles. The van der Waals surface area contributed by atoms with Crippen molar-refractivity contribution in [3.05, 3.63) is 53.9 Å². The molecule has 0 fully saturated rings. The van der Waals surface area contributed by atoms with Crippen LogP contribution in [0, 0.1) is 19.7 Å². The number of aromatic nitrogens is 4. The molecule has 0 saturated heterocycles. The third kappa shape index (κ3) is 4.58. The number of aliphatic hydroxyl groups excluding tert-OH is 1. The number of rotatable bonds is 6. The zero-order valence-corrected chi connectivity index (χ0v) is 16.1. The number of hydrogen-bond acceptors (Lipinski definition) is 5. The molecular weight excluding hydrogens is 363 g/mol. The molecule has 148 valence electrons. The number of fused-ring (bicyclic) bond motifs is 1. The molecule has 2 N–H and O–H groups in total. The smallest absolute Gasteiger partial charge is 0.221 e. The molecule has 2 heterocycles. The average Bonchev–Trinajstić information content (AvgIpc) is 3.05. The summed E-state index contributed by atoms with van der Waals surface area (Å²) in [6, 6.07) is 6.71. The molecular formula is C20H23FN4O3. The lowest BCUT2D eigenvalue weighted by Crippen LogP contribution is -2.02. The largest absolute Gasteiger partial charge is 0.492 e. The van der Waals surface area contributed by atoms with Crippen molar-refractivity contribution in [1.82, 2.24) is 19.7 Å². The first-order valence-corrected chi connectivity index (χ1v) is 8.91. The van der Waals surface area contributed by atoms with Gasteiger partial charge in [-0.3, -0.25) is 4.68 Å². The highest BCUT2D eigenvalue weighted by molar-refractivity contribution is 5.82. The minimum absolute atomic E-state index is 0.0419. The Morgan fingerprint density at radius 1 is 1.21 bits per heavy atom. The van der Waals surface area contributed by atoms with Crippen LogP contribution in [0.3, 0.4) is 0 Å². The standard InChI is InChI=1S/C20H23FN4O3/c1-13-9-19(22-12-23-25(3)11-18(13)27-8-4-7-26)28-17-6-5-16-15(20(17)21)10-14(2)24-16/h5-6,9-12,24,26H,4,7-8H2,1-3H3. The predicted octanol–water partition coefficient (Wildman–Crippen LogP) is 3.73. The molecule has 28 heavy (non-hydrogen) atoms. The predicted molar refractivity (Wildman–Crippen MR) is 104 cm³/mol. The number of nitrogens with zero attached hydrogens (tertiary/aromatic N) is 3. The Morgan fingerprint density at radius 3 is 2.82 bits per heavy atom. The molecule has 0 radical (unpaired) electrons. The second-order valence-corrected chi connectivity index (χ2v) is 6.41. The molecule has 0 atom stereocenters. The van der Waals surface area contributed by atoms with Crippen molar-refractivity contribution >= 4 is 10.9 Å². The fraction of sp³-hybridized carbons (Fsp3) is 0.300. The van der Waals surface area contributed by atoms with Gasteiger partial charge in [-0.2, -0.15) is 10.1 Å². The molecule has 0 aliphatic heterocycles. The van der Waals surface area contributed by atoms with Crippen molar-refractivity contribution in [1.29, 1.82) is 0 Å². The molecule has 3 aromatic rings. The molecule has 0 unspecified atom stereocenters. The number of aromatic amines is 1. The zero-order chi connectivity index (χ0) is 20.1. The number of aliphatic hydroxyl groups is 1. The number of hydrogen-bond donors (Lipinski definition) is 2. The minimum Gasteiger partial charge on any atom is -0.492 e. The van der Waals surface area contributed by atoms with E-state index in [2.05, 4.69) is 15.1 Å². The lowest BCUT2D eigenvalue weighted by Gasteiger charge is -2.08. The maximum absolute atomic E-state index is 14.8. The van der Waals surface area contributed by atoms with Gasteiger partial charge in [-0.15, -0.1) is 0 Å². The number of benzene rings is 1. The Bertz CT molecular complexity index is 1030. The van der Waals surface area contributed by atoms with E-state index in [1.807, 2.05) is 13.8 Å². The number of H-pyrrole nitrogens is 1. The Labute approximate surface area is 162 Å². The molecule has 1 aromatic carbocycles. The van der Waals surface area contributed by atoms with Crippen LogP contribution in [-0.4, -0.2) is 38.1 Å².